The highest BCUT2D eigenvalue weighted by Crippen LogP contribution is 2.37. The van der Waals surface area contributed by atoms with E-state index in [1.165, 1.54) is 11.1 Å². The molecule has 2 unspecified atom stereocenters. The van der Waals surface area contributed by atoms with E-state index in [1.807, 2.05) is 55.1 Å². The van der Waals surface area contributed by atoms with Crippen LogP contribution in [0.3, 0.4) is 0 Å². The second-order valence-corrected chi connectivity index (χ2v) is 14.6. The largest absolute Gasteiger partial charge is 0.490 e. The first-order valence-electron chi connectivity index (χ1n) is 18.1. The number of benzene rings is 3. The van der Waals surface area contributed by atoms with Gasteiger partial charge in [-0.1, -0.05) is 53.6 Å². The average molecular weight is 713 g/mol. The molecule has 270 valence electrons. The summed E-state index contributed by atoms with van der Waals surface area (Å²) in [4.78, 5) is 43.2. The SMILES string of the molecule is Cc1ccc(CCN(C(=O)C2=C(c3ccc(OCCOc4cc(C)c(C)cc4Cl)cc3)CC3CN(C(=O)CCCC(N)=O)CC2N3)C2CC2)cc1. The molecule has 6 rings (SSSR count). The van der Waals surface area contributed by atoms with Crippen molar-refractivity contribution < 1.29 is 23.9 Å². The van der Waals surface area contributed by atoms with Crippen molar-refractivity contribution in [2.24, 2.45) is 5.73 Å². The molecule has 10 heteroatoms. The maximum Gasteiger partial charge on any atom is 0.252 e. The van der Waals surface area contributed by atoms with Crippen LogP contribution >= 0.6 is 11.6 Å². The van der Waals surface area contributed by atoms with Crippen molar-refractivity contribution >= 4 is 34.9 Å². The molecule has 3 amide bonds. The fourth-order valence-electron chi connectivity index (χ4n) is 7.07. The van der Waals surface area contributed by atoms with E-state index < -0.39 is 5.91 Å². The molecule has 9 nitrogen and oxygen atoms in total. The first-order chi connectivity index (χ1) is 24.5. The van der Waals surface area contributed by atoms with Gasteiger partial charge in [0.1, 0.15) is 24.7 Å². The molecule has 2 bridgehead atoms. The Labute approximate surface area is 306 Å². The van der Waals surface area contributed by atoms with E-state index in [-0.39, 0.29) is 42.8 Å². The van der Waals surface area contributed by atoms with Gasteiger partial charge in [-0.25, -0.2) is 0 Å². The van der Waals surface area contributed by atoms with Crippen molar-refractivity contribution in [3.63, 3.8) is 0 Å². The van der Waals surface area contributed by atoms with E-state index >= 15 is 0 Å². The van der Waals surface area contributed by atoms with Gasteiger partial charge in [0.05, 0.1) is 11.1 Å². The van der Waals surface area contributed by atoms with E-state index in [1.54, 1.807) is 0 Å². The Balaban J connectivity index is 1.20. The van der Waals surface area contributed by atoms with Gasteiger partial charge in [-0.15, -0.1) is 0 Å². The average Bonchev–Trinajstić information content (AvgIpc) is 3.95. The van der Waals surface area contributed by atoms with Crippen LogP contribution in [0.1, 0.15) is 66.3 Å². The molecule has 2 atom stereocenters. The van der Waals surface area contributed by atoms with Crippen molar-refractivity contribution in [2.75, 3.05) is 32.8 Å². The summed E-state index contributed by atoms with van der Waals surface area (Å²) in [6.07, 6.45) is 4.26. The van der Waals surface area contributed by atoms with E-state index in [2.05, 4.69) is 41.4 Å². The zero-order valence-electron chi connectivity index (χ0n) is 29.9. The second kappa shape index (κ2) is 16.3. The molecule has 3 aliphatic rings. The molecule has 1 saturated heterocycles. The minimum absolute atomic E-state index is 0.00244. The van der Waals surface area contributed by atoms with E-state index in [0.717, 1.165) is 47.1 Å². The maximum atomic E-state index is 14.7. The third kappa shape index (κ3) is 9.32. The summed E-state index contributed by atoms with van der Waals surface area (Å²) in [5.41, 5.74) is 12.7. The Hall–Kier alpha value is -4.34. The van der Waals surface area contributed by atoms with Gasteiger partial charge in [-0.2, -0.15) is 0 Å². The predicted molar refractivity (Wildman–Crippen MR) is 200 cm³/mol. The van der Waals surface area contributed by atoms with Gasteiger partial charge in [0.2, 0.25) is 11.8 Å². The first-order valence-corrected chi connectivity index (χ1v) is 18.5. The number of hydrogen-bond donors (Lipinski definition) is 2. The molecule has 3 aromatic carbocycles. The van der Waals surface area contributed by atoms with Crippen molar-refractivity contribution in [2.45, 2.75) is 83.8 Å². The van der Waals surface area contributed by atoms with Crippen LogP contribution in [0, 0.1) is 20.8 Å². The zero-order valence-corrected chi connectivity index (χ0v) is 30.6. The fraction of sp³-hybridized carbons (Fsp3) is 0.439. The minimum atomic E-state index is -0.404. The Bertz CT molecular complexity index is 1770. The number of rotatable bonds is 15. The normalized spacial score (nSPS) is 18.4. The smallest absolute Gasteiger partial charge is 0.252 e. The number of amides is 3. The summed E-state index contributed by atoms with van der Waals surface area (Å²) in [5.74, 6) is 0.983. The monoisotopic (exact) mass is 712 g/mol. The number of carbonyl (C=O) groups excluding carboxylic acids is 3. The minimum Gasteiger partial charge on any atom is -0.490 e. The standard InChI is InChI=1S/C41H49ClN4O5/c1-26-7-9-29(10-8-26)17-18-46(32-13-14-32)41(49)40-34(23-31-24-45(25-36(40)44-31)39(48)6-4-5-38(43)47)30-11-15-33(16-12-30)50-19-20-51-37-22-28(3)27(2)21-35(37)42/h7-12,15-16,21-22,31-32,36,44H,4-6,13-14,17-20,23-25H2,1-3H3,(H2,43,47). The van der Waals surface area contributed by atoms with Gasteiger partial charge in [-0.3, -0.25) is 14.4 Å². The predicted octanol–water partition coefficient (Wildman–Crippen LogP) is 5.94. The van der Waals surface area contributed by atoms with Crippen molar-refractivity contribution in [1.82, 2.24) is 15.1 Å². The molecule has 0 spiro atoms. The van der Waals surface area contributed by atoms with Crippen LogP contribution in [0.15, 0.2) is 66.2 Å². The number of hydrogen-bond acceptors (Lipinski definition) is 6. The Kier molecular flexibility index (Phi) is 11.7. The third-order valence-corrected chi connectivity index (χ3v) is 10.5. The van der Waals surface area contributed by atoms with Gasteiger partial charge >= 0.3 is 0 Å². The van der Waals surface area contributed by atoms with Gasteiger partial charge < -0.3 is 30.3 Å². The van der Waals surface area contributed by atoms with Crippen LogP contribution < -0.4 is 20.5 Å². The van der Waals surface area contributed by atoms with Gasteiger partial charge in [0, 0.05) is 50.1 Å². The number of nitrogens with zero attached hydrogens (tertiary/aromatic N) is 2. The Morgan fingerprint density at radius 2 is 1.63 bits per heavy atom. The number of piperazine rings is 1. The van der Waals surface area contributed by atoms with Gasteiger partial charge in [0.25, 0.3) is 5.91 Å². The lowest BCUT2D eigenvalue weighted by atomic mass is 9.82. The van der Waals surface area contributed by atoms with Gasteiger partial charge in [0.15, 0.2) is 0 Å². The molecule has 0 radical (unpaired) electrons. The molecule has 3 N–H and O–H groups in total. The Morgan fingerprint density at radius 1 is 0.922 bits per heavy atom. The number of fused-ring (bicyclic) bond motifs is 2. The molecule has 0 aromatic heterocycles. The molecular weight excluding hydrogens is 664 g/mol. The number of nitrogens with two attached hydrogens (primary N) is 1. The number of nitrogens with one attached hydrogen (secondary N) is 1. The lowest BCUT2D eigenvalue weighted by molar-refractivity contribution is -0.134. The summed E-state index contributed by atoms with van der Waals surface area (Å²) in [6.45, 7) is 8.40. The van der Waals surface area contributed by atoms with Crippen LogP contribution in [0.2, 0.25) is 5.02 Å². The fourth-order valence-corrected chi connectivity index (χ4v) is 7.34. The number of primary amides is 1. The van der Waals surface area contributed by atoms with Crippen molar-refractivity contribution in [1.29, 1.82) is 0 Å². The summed E-state index contributed by atoms with van der Waals surface area (Å²) in [7, 11) is 0. The molecule has 3 aromatic rings. The van der Waals surface area contributed by atoms with Gasteiger partial charge in [-0.05, 0) is 105 Å². The quantitative estimate of drug-likeness (QED) is 0.189. The molecule has 2 heterocycles. The summed E-state index contributed by atoms with van der Waals surface area (Å²) in [5, 5.41) is 4.27. The van der Waals surface area contributed by atoms with E-state index in [4.69, 9.17) is 26.8 Å². The molecule has 51 heavy (non-hydrogen) atoms. The zero-order chi connectivity index (χ0) is 36.1. The topological polar surface area (TPSA) is 114 Å². The van der Waals surface area contributed by atoms with E-state index in [9.17, 15) is 14.4 Å². The highest BCUT2D eigenvalue weighted by Gasteiger charge is 2.43. The third-order valence-electron chi connectivity index (χ3n) is 10.2. The Morgan fingerprint density at radius 3 is 2.33 bits per heavy atom. The lowest BCUT2D eigenvalue weighted by Gasteiger charge is -2.45. The summed E-state index contributed by atoms with van der Waals surface area (Å²) in [6, 6.07) is 20.2. The first kappa shape index (κ1) is 36.5. The molecular formula is C41H49ClN4O5. The van der Waals surface area contributed by atoms with Crippen LogP contribution in [0.5, 0.6) is 11.5 Å². The van der Waals surface area contributed by atoms with E-state index in [0.29, 0.717) is 62.2 Å². The molecule has 2 aliphatic heterocycles. The lowest BCUT2D eigenvalue weighted by Crippen LogP contribution is -2.62. The number of aryl methyl sites for hydroxylation is 3. The molecule has 1 aliphatic carbocycles. The number of carbonyl (C=O) groups is 3. The summed E-state index contributed by atoms with van der Waals surface area (Å²) >= 11 is 6.37. The van der Waals surface area contributed by atoms with Crippen molar-refractivity contribution in [3.8, 4) is 11.5 Å². The van der Waals surface area contributed by atoms with Crippen LogP contribution in [-0.2, 0) is 20.8 Å². The highest BCUT2D eigenvalue weighted by atomic mass is 35.5. The van der Waals surface area contributed by atoms with Crippen LogP contribution in [-0.4, -0.2) is 78.5 Å². The number of halogens is 1. The maximum absolute atomic E-state index is 14.7. The summed E-state index contributed by atoms with van der Waals surface area (Å²) < 4.78 is 11.9. The highest BCUT2D eigenvalue weighted by molar-refractivity contribution is 6.32. The van der Waals surface area contributed by atoms with Crippen molar-refractivity contribution in [3.05, 3.63) is 99.1 Å². The van der Waals surface area contributed by atoms with Crippen LogP contribution in [0.25, 0.3) is 5.57 Å². The second-order valence-electron chi connectivity index (χ2n) is 14.2. The number of ether oxygens (including phenoxy) is 2. The van der Waals surface area contributed by atoms with Crippen LogP contribution in [0.4, 0.5) is 0 Å². The molecule has 2 fully saturated rings. The molecule has 1 saturated carbocycles.